The third-order valence-electron chi connectivity index (χ3n) is 4.59. The van der Waals surface area contributed by atoms with Gasteiger partial charge in [-0.25, -0.2) is 8.42 Å². The third kappa shape index (κ3) is 5.67. The van der Waals surface area contributed by atoms with Crippen LogP contribution in [0.1, 0.15) is 30.1 Å². The van der Waals surface area contributed by atoms with Crippen molar-refractivity contribution in [3.05, 3.63) is 29.8 Å². The zero-order valence-corrected chi connectivity index (χ0v) is 16.3. The Labute approximate surface area is 156 Å². The maximum Gasteiger partial charge on any atom is 0.253 e. The van der Waals surface area contributed by atoms with Gasteiger partial charge >= 0.3 is 0 Å². The van der Waals surface area contributed by atoms with Crippen LogP contribution in [0.5, 0.6) is 0 Å². The molecule has 0 radical (unpaired) electrons. The maximum absolute atomic E-state index is 12.5. The third-order valence-corrected chi connectivity index (χ3v) is 6.28. The van der Waals surface area contributed by atoms with E-state index < -0.39 is 9.84 Å². The number of likely N-dealkylation sites (tertiary alicyclic amines) is 1. The molecule has 1 unspecified atom stereocenters. The van der Waals surface area contributed by atoms with E-state index in [2.05, 4.69) is 0 Å². The molecule has 1 saturated heterocycles. The molecule has 0 aliphatic carbocycles. The molecule has 0 saturated carbocycles. The molecule has 1 aliphatic rings. The summed E-state index contributed by atoms with van der Waals surface area (Å²) in [5.74, 6) is 0.336. The number of piperidine rings is 1. The predicted molar refractivity (Wildman–Crippen MR) is 99.9 cm³/mol. The van der Waals surface area contributed by atoms with Gasteiger partial charge in [0, 0.05) is 31.8 Å². The highest BCUT2D eigenvalue weighted by Gasteiger charge is 2.25. The van der Waals surface area contributed by atoms with Gasteiger partial charge in [-0.1, -0.05) is 0 Å². The van der Waals surface area contributed by atoms with Gasteiger partial charge in [-0.15, -0.1) is 12.4 Å². The fraction of sp³-hybridized carbons (Fsp3) is 0.588. The fourth-order valence-electron chi connectivity index (χ4n) is 2.93. The van der Waals surface area contributed by atoms with Crippen molar-refractivity contribution in [1.29, 1.82) is 0 Å². The van der Waals surface area contributed by atoms with E-state index in [0.717, 1.165) is 12.8 Å². The van der Waals surface area contributed by atoms with Gasteiger partial charge in [-0.3, -0.25) is 4.79 Å². The van der Waals surface area contributed by atoms with E-state index in [-0.39, 0.29) is 41.6 Å². The number of amides is 1. The molecule has 1 amide bonds. The molecule has 8 heteroatoms. The molecule has 1 atom stereocenters. The highest BCUT2D eigenvalue weighted by molar-refractivity contribution is 7.91. The number of hydrogen-bond donors (Lipinski definition) is 1. The van der Waals surface area contributed by atoms with Crippen LogP contribution in [0.4, 0.5) is 0 Å². The fourth-order valence-corrected chi connectivity index (χ4v) is 4.10. The summed E-state index contributed by atoms with van der Waals surface area (Å²) >= 11 is 0. The highest BCUT2D eigenvalue weighted by atomic mass is 35.5. The Bertz CT molecular complexity index is 654. The summed E-state index contributed by atoms with van der Waals surface area (Å²) < 4.78 is 29.0. The number of ether oxygens (including phenoxy) is 1. The minimum Gasteiger partial charge on any atom is -0.384 e. The van der Waals surface area contributed by atoms with Gasteiger partial charge in [0.1, 0.15) is 0 Å². The van der Waals surface area contributed by atoms with Crippen molar-refractivity contribution in [3.63, 3.8) is 0 Å². The van der Waals surface area contributed by atoms with E-state index in [1.54, 1.807) is 12.1 Å². The molecule has 1 aromatic carbocycles. The van der Waals surface area contributed by atoms with Crippen molar-refractivity contribution in [2.75, 3.05) is 32.6 Å². The Hall–Kier alpha value is -1.15. The number of rotatable bonds is 6. The van der Waals surface area contributed by atoms with Gasteiger partial charge in [0.15, 0.2) is 9.84 Å². The largest absolute Gasteiger partial charge is 0.384 e. The molecule has 2 N–H and O–H groups in total. The highest BCUT2D eigenvalue weighted by Crippen LogP contribution is 2.21. The minimum atomic E-state index is -3.37. The molecule has 6 nitrogen and oxygen atoms in total. The SMILES string of the molecule is COCCS(=O)(=O)c1ccc(C(=O)N2CCC(C(C)N)CC2)cc1.Cl. The zero-order chi connectivity index (χ0) is 17.7. The number of benzene rings is 1. The Morgan fingerprint density at radius 1 is 1.28 bits per heavy atom. The Morgan fingerprint density at radius 3 is 2.32 bits per heavy atom. The topological polar surface area (TPSA) is 89.7 Å². The quantitative estimate of drug-likeness (QED) is 0.798. The van der Waals surface area contributed by atoms with Gasteiger partial charge < -0.3 is 15.4 Å². The van der Waals surface area contributed by atoms with Gasteiger partial charge in [-0.2, -0.15) is 0 Å². The van der Waals surface area contributed by atoms with Crippen LogP contribution in [0.3, 0.4) is 0 Å². The van der Waals surface area contributed by atoms with Gasteiger partial charge in [0.25, 0.3) is 5.91 Å². The average molecular weight is 391 g/mol. The van der Waals surface area contributed by atoms with Crippen LogP contribution in [-0.2, 0) is 14.6 Å². The summed E-state index contributed by atoms with van der Waals surface area (Å²) in [5.41, 5.74) is 6.44. The molecule has 1 aliphatic heterocycles. The molecule has 1 aromatic rings. The first-order chi connectivity index (χ1) is 11.3. The number of nitrogens with zero attached hydrogens (tertiary/aromatic N) is 1. The molecule has 0 aromatic heterocycles. The van der Waals surface area contributed by atoms with E-state index in [1.807, 2.05) is 11.8 Å². The number of sulfone groups is 1. The molecule has 0 bridgehead atoms. The number of hydrogen-bond acceptors (Lipinski definition) is 5. The van der Waals surface area contributed by atoms with Crippen LogP contribution in [0.25, 0.3) is 0 Å². The number of halogens is 1. The van der Waals surface area contributed by atoms with Crippen molar-refractivity contribution < 1.29 is 17.9 Å². The van der Waals surface area contributed by atoms with E-state index in [9.17, 15) is 13.2 Å². The minimum absolute atomic E-state index is 0. The number of nitrogens with two attached hydrogens (primary N) is 1. The van der Waals surface area contributed by atoms with Gasteiger partial charge in [0.2, 0.25) is 0 Å². The van der Waals surface area contributed by atoms with Crippen molar-refractivity contribution in [3.8, 4) is 0 Å². The molecule has 1 fully saturated rings. The lowest BCUT2D eigenvalue weighted by Crippen LogP contribution is -2.42. The second-order valence-corrected chi connectivity index (χ2v) is 8.43. The van der Waals surface area contributed by atoms with Crippen LogP contribution in [-0.4, -0.2) is 57.8 Å². The summed E-state index contributed by atoms with van der Waals surface area (Å²) in [6, 6.07) is 6.30. The number of carbonyl (C=O) groups excluding carboxylic acids is 1. The van der Waals surface area contributed by atoms with E-state index >= 15 is 0 Å². The molecule has 0 spiro atoms. The second kappa shape index (κ2) is 9.52. The lowest BCUT2D eigenvalue weighted by Gasteiger charge is -2.33. The van der Waals surface area contributed by atoms with E-state index in [1.165, 1.54) is 19.2 Å². The zero-order valence-electron chi connectivity index (χ0n) is 14.7. The molecule has 1 heterocycles. The van der Waals surface area contributed by atoms with Gasteiger partial charge in [0.05, 0.1) is 17.3 Å². The predicted octanol–water partition coefficient (Wildman–Crippen LogP) is 1.73. The smallest absolute Gasteiger partial charge is 0.253 e. The van der Waals surface area contributed by atoms with Crippen LogP contribution in [0.2, 0.25) is 0 Å². The van der Waals surface area contributed by atoms with Crippen LogP contribution >= 0.6 is 12.4 Å². The molecule has 2 rings (SSSR count). The molecular weight excluding hydrogens is 364 g/mol. The summed E-state index contributed by atoms with van der Waals surface area (Å²) in [6.07, 6.45) is 1.82. The Morgan fingerprint density at radius 2 is 1.84 bits per heavy atom. The van der Waals surface area contributed by atoms with E-state index in [4.69, 9.17) is 10.5 Å². The van der Waals surface area contributed by atoms with Crippen LogP contribution < -0.4 is 5.73 Å². The van der Waals surface area contributed by atoms with Crippen LogP contribution in [0, 0.1) is 5.92 Å². The first kappa shape index (κ1) is 21.9. The summed E-state index contributed by atoms with van der Waals surface area (Å²) in [6.45, 7) is 3.54. The second-order valence-electron chi connectivity index (χ2n) is 6.32. The lowest BCUT2D eigenvalue weighted by atomic mass is 9.90. The monoisotopic (exact) mass is 390 g/mol. The first-order valence-electron chi connectivity index (χ1n) is 8.22. The summed E-state index contributed by atoms with van der Waals surface area (Å²) in [4.78, 5) is 14.6. The normalized spacial score (nSPS) is 17.0. The first-order valence-corrected chi connectivity index (χ1v) is 9.87. The Kier molecular flexibility index (Phi) is 8.34. The van der Waals surface area contributed by atoms with Crippen molar-refractivity contribution in [2.24, 2.45) is 11.7 Å². The van der Waals surface area contributed by atoms with Crippen molar-refractivity contribution in [2.45, 2.75) is 30.7 Å². The number of carbonyl (C=O) groups is 1. The molecular formula is C17H27ClN2O4S. The van der Waals surface area contributed by atoms with Crippen LogP contribution in [0.15, 0.2) is 29.2 Å². The summed E-state index contributed by atoms with van der Waals surface area (Å²) in [5, 5.41) is 0. The number of methoxy groups -OCH3 is 1. The average Bonchev–Trinajstić information content (AvgIpc) is 2.59. The lowest BCUT2D eigenvalue weighted by molar-refractivity contribution is 0.0681. The van der Waals surface area contributed by atoms with Crippen molar-refractivity contribution in [1.82, 2.24) is 4.90 Å². The maximum atomic E-state index is 12.5. The molecule has 142 valence electrons. The Balaban J connectivity index is 0.00000312. The molecule has 25 heavy (non-hydrogen) atoms. The van der Waals surface area contributed by atoms with E-state index in [0.29, 0.717) is 24.6 Å². The standard InChI is InChI=1S/C17H26N2O4S.ClH/c1-13(18)14-7-9-19(10-8-14)17(20)15-3-5-16(6-4-15)24(21,22)12-11-23-2;/h3-6,13-14H,7-12,18H2,1-2H3;1H. The van der Waals surface area contributed by atoms with Gasteiger partial charge in [-0.05, 0) is 49.9 Å². The summed E-state index contributed by atoms with van der Waals surface area (Å²) in [7, 11) is -1.91. The van der Waals surface area contributed by atoms with Crippen molar-refractivity contribution >= 4 is 28.2 Å².